The third-order valence-corrected chi connectivity index (χ3v) is 4.31. The third-order valence-electron chi connectivity index (χ3n) is 4.31. The number of rotatable bonds is 5. The van der Waals surface area contributed by atoms with Crippen LogP contribution in [-0.2, 0) is 17.8 Å². The summed E-state index contributed by atoms with van der Waals surface area (Å²) >= 11 is 0. The molecule has 0 saturated carbocycles. The average molecular weight is 353 g/mol. The first-order chi connectivity index (χ1) is 12.4. The molecule has 1 aromatic carbocycles. The van der Waals surface area contributed by atoms with Gasteiger partial charge < -0.3 is 14.9 Å². The SMILES string of the molecule is Cc1nc(C)c(CC(=O)NCc2nc3ccccc3n2C(C)C)c(=O)[nH]1. The summed E-state index contributed by atoms with van der Waals surface area (Å²) in [5.41, 5.74) is 2.66. The molecule has 0 radical (unpaired) electrons. The number of aromatic nitrogens is 4. The molecule has 3 aromatic rings. The highest BCUT2D eigenvalue weighted by Crippen LogP contribution is 2.20. The molecule has 0 aliphatic heterocycles. The van der Waals surface area contributed by atoms with Crippen LogP contribution in [0.2, 0.25) is 0 Å². The third kappa shape index (κ3) is 3.51. The largest absolute Gasteiger partial charge is 0.349 e. The van der Waals surface area contributed by atoms with Crippen molar-refractivity contribution in [3.63, 3.8) is 0 Å². The second kappa shape index (κ2) is 7.11. The van der Waals surface area contributed by atoms with Crippen molar-refractivity contribution >= 4 is 16.9 Å². The summed E-state index contributed by atoms with van der Waals surface area (Å²) in [5.74, 6) is 1.11. The van der Waals surface area contributed by atoms with Crippen molar-refractivity contribution in [2.75, 3.05) is 0 Å². The number of para-hydroxylation sites is 2. The summed E-state index contributed by atoms with van der Waals surface area (Å²) < 4.78 is 2.11. The van der Waals surface area contributed by atoms with Crippen molar-refractivity contribution in [1.82, 2.24) is 24.8 Å². The summed E-state index contributed by atoms with van der Waals surface area (Å²) in [6.45, 7) is 7.93. The summed E-state index contributed by atoms with van der Waals surface area (Å²) in [6, 6.07) is 8.13. The van der Waals surface area contributed by atoms with Gasteiger partial charge in [-0.3, -0.25) is 9.59 Å². The fourth-order valence-electron chi connectivity index (χ4n) is 3.16. The van der Waals surface area contributed by atoms with Gasteiger partial charge in [-0.1, -0.05) is 12.1 Å². The maximum atomic E-state index is 12.3. The molecule has 136 valence electrons. The standard InChI is InChI=1S/C19H23N5O2/c1-11(2)24-16-8-6-5-7-15(16)23-17(24)10-20-18(25)9-14-12(3)21-13(4)22-19(14)26/h5-8,11H,9-10H2,1-4H3,(H,20,25)(H,21,22,26). The number of nitrogens with one attached hydrogen (secondary N) is 2. The minimum Gasteiger partial charge on any atom is -0.349 e. The van der Waals surface area contributed by atoms with Crippen LogP contribution in [0.15, 0.2) is 29.1 Å². The first kappa shape index (κ1) is 17.8. The number of amides is 1. The molecule has 0 aliphatic carbocycles. The summed E-state index contributed by atoms with van der Waals surface area (Å²) in [4.78, 5) is 35.9. The van der Waals surface area contributed by atoms with E-state index in [0.29, 0.717) is 23.6 Å². The number of benzene rings is 1. The molecule has 2 aromatic heterocycles. The zero-order valence-electron chi connectivity index (χ0n) is 15.5. The van der Waals surface area contributed by atoms with Gasteiger partial charge in [0.2, 0.25) is 5.91 Å². The quantitative estimate of drug-likeness (QED) is 0.735. The van der Waals surface area contributed by atoms with Gasteiger partial charge >= 0.3 is 0 Å². The number of hydrogen-bond acceptors (Lipinski definition) is 4. The van der Waals surface area contributed by atoms with Gasteiger partial charge in [0.25, 0.3) is 5.56 Å². The van der Waals surface area contributed by atoms with Crippen LogP contribution in [0, 0.1) is 13.8 Å². The second-order valence-electron chi connectivity index (χ2n) is 6.65. The van der Waals surface area contributed by atoms with Gasteiger partial charge in [0.1, 0.15) is 11.6 Å². The van der Waals surface area contributed by atoms with E-state index in [1.54, 1.807) is 13.8 Å². The van der Waals surface area contributed by atoms with Crippen molar-refractivity contribution < 1.29 is 4.79 Å². The molecule has 2 heterocycles. The Labute approximate surface area is 151 Å². The number of hydrogen-bond donors (Lipinski definition) is 2. The number of aryl methyl sites for hydroxylation is 2. The van der Waals surface area contributed by atoms with Crippen LogP contribution in [0.3, 0.4) is 0 Å². The highest BCUT2D eigenvalue weighted by atomic mass is 16.2. The molecule has 3 rings (SSSR count). The molecular formula is C19H23N5O2. The van der Waals surface area contributed by atoms with Crippen molar-refractivity contribution in [1.29, 1.82) is 0 Å². The summed E-state index contributed by atoms with van der Waals surface area (Å²) in [7, 11) is 0. The Morgan fingerprint density at radius 2 is 1.96 bits per heavy atom. The van der Waals surface area contributed by atoms with E-state index in [4.69, 9.17) is 0 Å². The number of carbonyl (C=O) groups excluding carboxylic acids is 1. The molecule has 1 amide bonds. The van der Waals surface area contributed by atoms with Gasteiger partial charge in [-0.15, -0.1) is 0 Å². The topological polar surface area (TPSA) is 92.7 Å². The molecule has 26 heavy (non-hydrogen) atoms. The molecule has 0 saturated heterocycles. The molecule has 0 atom stereocenters. The first-order valence-electron chi connectivity index (χ1n) is 8.65. The molecule has 0 fully saturated rings. The molecule has 0 spiro atoms. The van der Waals surface area contributed by atoms with Gasteiger partial charge in [-0.2, -0.15) is 0 Å². The van der Waals surface area contributed by atoms with Crippen LogP contribution in [0.25, 0.3) is 11.0 Å². The van der Waals surface area contributed by atoms with E-state index in [0.717, 1.165) is 16.9 Å². The highest BCUT2D eigenvalue weighted by molar-refractivity contribution is 5.79. The fraction of sp³-hybridized carbons (Fsp3) is 0.368. The smallest absolute Gasteiger partial charge is 0.254 e. The molecule has 0 unspecified atom stereocenters. The van der Waals surface area contributed by atoms with Crippen LogP contribution in [0.5, 0.6) is 0 Å². The lowest BCUT2D eigenvalue weighted by molar-refractivity contribution is -0.120. The van der Waals surface area contributed by atoms with E-state index in [1.807, 2.05) is 24.3 Å². The van der Waals surface area contributed by atoms with E-state index in [-0.39, 0.29) is 23.9 Å². The average Bonchev–Trinajstić information content (AvgIpc) is 2.94. The highest BCUT2D eigenvalue weighted by Gasteiger charge is 2.15. The van der Waals surface area contributed by atoms with Crippen molar-refractivity contribution in [2.45, 2.75) is 46.7 Å². The van der Waals surface area contributed by atoms with E-state index in [2.05, 4.69) is 38.7 Å². The van der Waals surface area contributed by atoms with E-state index in [1.165, 1.54) is 0 Å². The van der Waals surface area contributed by atoms with Crippen molar-refractivity contribution in [3.05, 3.63) is 57.5 Å². The second-order valence-corrected chi connectivity index (χ2v) is 6.65. The van der Waals surface area contributed by atoms with E-state index < -0.39 is 0 Å². The van der Waals surface area contributed by atoms with Gasteiger partial charge in [0, 0.05) is 17.3 Å². The first-order valence-corrected chi connectivity index (χ1v) is 8.65. The van der Waals surface area contributed by atoms with Crippen LogP contribution in [0.4, 0.5) is 0 Å². The monoisotopic (exact) mass is 353 g/mol. The van der Waals surface area contributed by atoms with Crippen LogP contribution >= 0.6 is 0 Å². The van der Waals surface area contributed by atoms with Gasteiger partial charge in [0.05, 0.1) is 24.0 Å². The molecular weight excluding hydrogens is 330 g/mol. The van der Waals surface area contributed by atoms with Gasteiger partial charge in [0.15, 0.2) is 0 Å². The maximum absolute atomic E-state index is 12.3. The number of fused-ring (bicyclic) bond motifs is 1. The van der Waals surface area contributed by atoms with Gasteiger partial charge in [-0.25, -0.2) is 9.97 Å². The van der Waals surface area contributed by atoms with Crippen molar-refractivity contribution in [3.8, 4) is 0 Å². The maximum Gasteiger partial charge on any atom is 0.254 e. The zero-order chi connectivity index (χ0) is 18.8. The number of aromatic amines is 1. The molecule has 0 bridgehead atoms. The van der Waals surface area contributed by atoms with E-state index >= 15 is 0 Å². The predicted octanol–water partition coefficient (Wildman–Crippen LogP) is 2.18. The van der Waals surface area contributed by atoms with Crippen LogP contribution in [0.1, 0.15) is 42.8 Å². The summed E-state index contributed by atoms with van der Waals surface area (Å²) in [6.07, 6.45) is -0.00362. The molecule has 2 N–H and O–H groups in total. The lowest BCUT2D eigenvalue weighted by Gasteiger charge is -2.13. The Bertz CT molecular complexity index is 1020. The normalized spacial score (nSPS) is 11.3. The van der Waals surface area contributed by atoms with Crippen molar-refractivity contribution in [2.24, 2.45) is 0 Å². The Morgan fingerprint density at radius 1 is 1.23 bits per heavy atom. The van der Waals surface area contributed by atoms with Crippen LogP contribution < -0.4 is 10.9 Å². The molecule has 0 aliphatic rings. The number of carbonyl (C=O) groups is 1. The van der Waals surface area contributed by atoms with Crippen LogP contribution in [-0.4, -0.2) is 25.4 Å². The Morgan fingerprint density at radius 3 is 2.65 bits per heavy atom. The number of imidazole rings is 1. The summed E-state index contributed by atoms with van der Waals surface area (Å²) in [5, 5.41) is 2.87. The Balaban J connectivity index is 1.77. The minimum absolute atomic E-state index is 0.00362. The lowest BCUT2D eigenvalue weighted by atomic mass is 10.1. The minimum atomic E-state index is -0.264. The van der Waals surface area contributed by atoms with E-state index in [9.17, 15) is 9.59 Å². The zero-order valence-corrected chi connectivity index (χ0v) is 15.5. The molecule has 7 heteroatoms. The lowest BCUT2D eigenvalue weighted by Crippen LogP contribution is -2.30. The number of H-pyrrole nitrogens is 1. The molecule has 7 nitrogen and oxygen atoms in total. The Kier molecular flexibility index (Phi) is 4.88. The predicted molar refractivity (Wildman–Crippen MR) is 100 cm³/mol. The van der Waals surface area contributed by atoms with Gasteiger partial charge in [-0.05, 0) is 39.8 Å². The fourth-order valence-corrected chi connectivity index (χ4v) is 3.16. The Hall–Kier alpha value is -2.96. The number of nitrogens with zero attached hydrogens (tertiary/aromatic N) is 3.